The summed E-state index contributed by atoms with van der Waals surface area (Å²) in [5.41, 5.74) is 0.144. The lowest BCUT2D eigenvalue weighted by atomic mass is 10.1. The van der Waals surface area contributed by atoms with Crippen LogP contribution in [-0.4, -0.2) is 113 Å². The molecule has 3 amide bonds. The number of fused-ring (bicyclic) bond motifs is 1. The molecule has 1 atom stereocenters. The third-order valence-electron chi connectivity index (χ3n) is 7.31. The quantitative estimate of drug-likeness (QED) is 0.346. The summed E-state index contributed by atoms with van der Waals surface area (Å²) in [5.74, 6) is -4.04. The number of hydroxylamine groups is 3. The Morgan fingerprint density at radius 3 is 2.63 bits per heavy atom. The fourth-order valence-corrected chi connectivity index (χ4v) is 5.08. The summed E-state index contributed by atoms with van der Waals surface area (Å²) in [4.78, 5) is 44.4. The van der Waals surface area contributed by atoms with Gasteiger partial charge in [-0.25, -0.2) is 18.8 Å². The zero-order chi connectivity index (χ0) is 31.4. The van der Waals surface area contributed by atoms with Crippen LogP contribution in [0, 0.1) is 11.3 Å². The number of rotatable bonds is 8. The van der Waals surface area contributed by atoms with Crippen molar-refractivity contribution in [2.75, 3.05) is 52.4 Å². The Bertz CT molecular complexity index is 1400. The highest BCUT2D eigenvalue weighted by atomic mass is 19.3. The SMILES string of the molecule is CC(C)(C)OC(=O)N1CC[N+](O)(CCCOc2ccc3nccc(C(=O)NCC(=O)N4CC(F)(F)C[C@H]4C#N)c3c2)CC1. The van der Waals surface area contributed by atoms with Gasteiger partial charge in [-0.15, -0.1) is 0 Å². The van der Waals surface area contributed by atoms with Crippen LogP contribution in [0.1, 0.15) is 44.0 Å². The molecule has 0 saturated carbocycles. The first kappa shape index (κ1) is 31.8. The Morgan fingerprint density at radius 1 is 1.23 bits per heavy atom. The van der Waals surface area contributed by atoms with E-state index >= 15 is 0 Å². The van der Waals surface area contributed by atoms with E-state index in [0.29, 0.717) is 62.4 Å². The number of nitrogens with zero attached hydrogens (tertiary/aromatic N) is 5. The van der Waals surface area contributed by atoms with Crippen LogP contribution in [0.4, 0.5) is 13.6 Å². The maximum absolute atomic E-state index is 13.7. The Kier molecular flexibility index (Phi) is 9.36. The fourth-order valence-electron chi connectivity index (χ4n) is 5.08. The van der Waals surface area contributed by atoms with Crippen molar-refractivity contribution in [3.05, 3.63) is 36.0 Å². The number of aromatic nitrogens is 1. The van der Waals surface area contributed by atoms with Gasteiger partial charge in [0.05, 0.1) is 49.9 Å². The molecular weight excluding hydrogens is 566 g/mol. The molecular formula is C29H37F2N6O6+. The Labute approximate surface area is 248 Å². The molecule has 4 rings (SSSR count). The molecule has 3 heterocycles. The number of amides is 3. The third-order valence-corrected chi connectivity index (χ3v) is 7.31. The summed E-state index contributed by atoms with van der Waals surface area (Å²) < 4.78 is 38.5. The summed E-state index contributed by atoms with van der Waals surface area (Å²) in [6.07, 6.45) is 0.852. The van der Waals surface area contributed by atoms with E-state index in [9.17, 15) is 28.4 Å². The predicted molar refractivity (Wildman–Crippen MR) is 149 cm³/mol. The van der Waals surface area contributed by atoms with E-state index in [1.807, 2.05) is 0 Å². The molecule has 2 fully saturated rings. The van der Waals surface area contributed by atoms with Crippen molar-refractivity contribution in [2.45, 2.75) is 51.2 Å². The van der Waals surface area contributed by atoms with E-state index in [2.05, 4.69) is 10.3 Å². The van der Waals surface area contributed by atoms with Crippen LogP contribution in [0.3, 0.4) is 0 Å². The smallest absolute Gasteiger partial charge is 0.410 e. The van der Waals surface area contributed by atoms with Gasteiger partial charge in [0.2, 0.25) is 5.91 Å². The number of benzene rings is 1. The molecule has 1 aromatic heterocycles. The number of pyridine rings is 1. The number of nitrogens with one attached hydrogen (secondary N) is 1. The molecule has 0 unspecified atom stereocenters. The molecule has 2 aliphatic rings. The molecule has 0 spiro atoms. The van der Waals surface area contributed by atoms with Crippen molar-refractivity contribution < 1.29 is 42.5 Å². The number of quaternary nitrogens is 1. The first-order valence-electron chi connectivity index (χ1n) is 14.1. The van der Waals surface area contributed by atoms with Crippen molar-refractivity contribution >= 4 is 28.8 Å². The molecule has 2 saturated heterocycles. The molecule has 0 aliphatic carbocycles. The number of likely N-dealkylation sites (tertiary alicyclic amines) is 1. The molecule has 1 aromatic carbocycles. The molecule has 0 radical (unpaired) electrons. The lowest BCUT2D eigenvalue weighted by molar-refractivity contribution is -1.10. The first-order valence-corrected chi connectivity index (χ1v) is 14.1. The van der Waals surface area contributed by atoms with Crippen LogP contribution in [0.2, 0.25) is 0 Å². The minimum atomic E-state index is -3.14. The van der Waals surface area contributed by atoms with Crippen LogP contribution >= 0.6 is 0 Å². The number of nitriles is 1. The summed E-state index contributed by atoms with van der Waals surface area (Å²) in [6, 6.07) is 6.98. The third kappa shape index (κ3) is 8.26. The van der Waals surface area contributed by atoms with Crippen molar-refractivity contribution in [3.63, 3.8) is 0 Å². The lowest BCUT2D eigenvalue weighted by Gasteiger charge is -2.38. The maximum Gasteiger partial charge on any atom is 0.410 e. The molecule has 232 valence electrons. The van der Waals surface area contributed by atoms with Crippen molar-refractivity contribution in [1.82, 2.24) is 20.1 Å². The number of carbonyl (C=O) groups excluding carboxylic acids is 3. The zero-order valence-electron chi connectivity index (χ0n) is 24.5. The number of hydrogen-bond acceptors (Lipinski definition) is 8. The minimum Gasteiger partial charge on any atom is -0.493 e. The van der Waals surface area contributed by atoms with Gasteiger partial charge in [-0.2, -0.15) is 9.91 Å². The molecule has 0 bridgehead atoms. The molecule has 2 N–H and O–H groups in total. The Morgan fingerprint density at radius 2 is 1.95 bits per heavy atom. The molecule has 2 aromatic rings. The van der Waals surface area contributed by atoms with Crippen molar-refractivity contribution in [3.8, 4) is 11.8 Å². The molecule has 43 heavy (non-hydrogen) atoms. The van der Waals surface area contributed by atoms with Gasteiger partial charge in [0.15, 0.2) is 0 Å². The number of carbonyl (C=O) groups is 3. The molecule has 2 aliphatic heterocycles. The van der Waals surface area contributed by atoms with E-state index < -0.39 is 55.0 Å². The minimum absolute atomic E-state index is 0.183. The number of alkyl halides is 2. The van der Waals surface area contributed by atoms with Gasteiger partial charge in [0.1, 0.15) is 37.0 Å². The number of piperazine rings is 1. The number of halogens is 2. The lowest BCUT2D eigenvalue weighted by Crippen LogP contribution is -2.59. The second-order valence-electron chi connectivity index (χ2n) is 11.9. The summed E-state index contributed by atoms with van der Waals surface area (Å²) in [6.45, 7) is 6.24. The summed E-state index contributed by atoms with van der Waals surface area (Å²) >= 11 is 0. The zero-order valence-corrected chi connectivity index (χ0v) is 24.5. The van der Waals surface area contributed by atoms with Gasteiger partial charge in [0, 0.05) is 24.4 Å². The predicted octanol–water partition coefficient (Wildman–Crippen LogP) is 2.95. The standard InChI is InChI=1S/C29H36F2N6O6/c1-28(2,3)43-27(40)35-9-12-37(41,13-10-35)11-4-14-42-21-5-6-24-23(15-21)22(7-8-33-24)26(39)34-18-25(38)36-19-29(30,31)16-20(36)17-32/h5-8,15,20,41H,4,9-14,16,18-19H2,1-3H3/p+1/t20-/m0/s1. The van der Waals surface area contributed by atoms with Gasteiger partial charge in [-0.1, -0.05) is 0 Å². The monoisotopic (exact) mass is 603 g/mol. The summed E-state index contributed by atoms with van der Waals surface area (Å²) in [5, 5.41) is 23.0. The van der Waals surface area contributed by atoms with E-state index in [-0.39, 0.29) is 10.2 Å². The number of hydrogen-bond donors (Lipinski definition) is 2. The van der Waals surface area contributed by atoms with E-state index in [0.717, 1.165) is 4.90 Å². The van der Waals surface area contributed by atoms with Crippen LogP contribution < -0.4 is 10.1 Å². The van der Waals surface area contributed by atoms with Crippen LogP contribution in [0.15, 0.2) is 30.5 Å². The highest BCUT2D eigenvalue weighted by Gasteiger charge is 2.47. The Balaban J connectivity index is 1.29. The highest BCUT2D eigenvalue weighted by Crippen LogP contribution is 2.31. The van der Waals surface area contributed by atoms with E-state index in [4.69, 9.17) is 14.7 Å². The van der Waals surface area contributed by atoms with Crippen molar-refractivity contribution in [1.29, 1.82) is 5.26 Å². The average molecular weight is 604 g/mol. The fraction of sp³-hybridized carbons (Fsp3) is 0.552. The second kappa shape index (κ2) is 12.6. The summed E-state index contributed by atoms with van der Waals surface area (Å²) in [7, 11) is 0. The highest BCUT2D eigenvalue weighted by molar-refractivity contribution is 6.07. The van der Waals surface area contributed by atoms with Gasteiger partial charge < -0.3 is 19.7 Å². The number of ether oxygens (including phenoxy) is 2. The first-order chi connectivity index (χ1) is 20.2. The van der Waals surface area contributed by atoms with Gasteiger partial charge in [-0.3, -0.25) is 19.5 Å². The normalized spacial score (nSPS) is 19.5. The van der Waals surface area contributed by atoms with E-state index in [1.54, 1.807) is 49.9 Å². The second-order valence-corrected chi connectivity index (χ2v) is 11.9. The van der Waals surface area contributed by atoms with E-state index in [1.165, 1.54) is 12.3 Å². The van der Waals surface area contributed by atoms with Crippen LogP contribution in [0.25, 0.3) is 10.9 Å². The van der Waals surface area contributed by atoms with Crippen LogP contribution in [-0.2, 0) is 9.53 Å². The molecule has 12 nitrogen and oxygen atoms in total. The van der Waals surface area contributed by atoms with Gasteiger partial charge in [-0.05, 0) is 45.0 Å². The topological polar surface area (TPSA) is 145 Å². The maximum atomic E-state index is 13.7. The average Bonchev–Trinajstić information content (AvgIpc) is 3.27. The Hall–Kier alpha value is -4.09. The largest absolute Gasteiger partial charge is 0.493 e. The van der Waals surface area contributed by atoms with Gasteiger partial charge in [0.25, 0.3) is 11.8 Å². The van der Waals surface area contributed by atoms with Gasteiger partial charge >= 0.3 is 6.09 Å². The molecule has 14 heteroatoms. The van der Waals surface area contributed by atoms with Crippen molar-refractivity contribution in [2.24, 2.45) is 0 Å². The van der Waals surface area contributed by atoms with Crippen LogP contribution in [0.5, 0.6) is 5.75 Å².